The fourth-order valence-corrected chi connectivity index (χ4v) is 11.1. The van der Waals surface area contributed by atoms with E-state index in [2.05, 4.69) is 21.3 Å². The van der Waals surface area contributed by atoms with Crippen LogP contribution in [0.2, 0.25) is 0 Å². The second kappa shape index (κ2) is 18.8. The molecule has 0 saturated carbocycles. The van der Waals surface area contributed by atoms with Gasteiger partial charge in [0, 0.05) is 53.1 Å². The van der Waals surface area contributed by atoms with Crippen LogP contribution in [0.15, 0.2) is 0 Å². The van der Waals surface area contributed by atoms with Gasteiger partial charge in [0.05, 0.1) is 41.8 Å². The number of hydrogen-bond donors (Lipinski definition) is 4. The van der Waals surface area contributed by atoms with Crippen molar-refractivity contribution in [1.82, 2.24) is 0 Å². The molecule has 0 unspecified atom stereocenters. The van der Waals surface area contributed by atoms with Crippen molar-refractivity contribution in [2.24, 2.45) is 0 Å². The van der Waals surface area contributed by atoms with Crippen molar-refractivity contribution >= 4 is 232 Å². The van der Waals surface area contributed by atoms with E-state index in [9.17, 15) is 39.0 Å². The van der Waals surface area contributed by atoms with Gasteiger partial charge in [-0.15, -0.1) is 0 Å². The number of anilines is 4. The maximum Gasteiger partial charge on any atom is 2.00 e. The molecule has 0 atom stereocenters. The summed E-state index contributed by atoms with van der Waals surface area (Å²) < 4.78 is 2.57. The molecule has 41 heavy (non-hydrogen) atoms. The van der Waals surface area contributed by atoms with Crippen LogP contribution in [0.1, 0.15) is 48.4 Å². The monoisotopic (exact) mass is 1270 g/mol. The van der Waals surface area contributed by atoms with Gasteiger partial charge in [0.2, 0.25) is 23.6 Å². The number of halogens is 6. The molecule has 0 fully saturated rings. The molecule has 2 rings (SSSR count). The van der Waals surface area contributed by atoms with Crippen LogP contribution in [0.25, 0.3) is 0 Å². The Labute approximate surface area is 346 Å². The van der Waals surface area contributed by atoms with Crippen LogP contribution < -0.4 is 31.5 Å². The van der Waals surface area contributed by atoms with Crippen molar-refractivity contribution < 1.29 is 39.0 Å². The number of carbonyl (C=O) groups excluding carboxylic acids is 6. The zero-order chi connectivity index (χ0) is 31.2. The van der Waals surface area contributed by atoms with Crippen molar-refractivity contribution in [2.75, 3.05) is 21.3 Å². The standard InChI is InChI=1S/2C11H9I3N2O4.Ca/c2*1-3(17)15-9-6(12)5(11(19)20)7(13)10(8(9)14)16-4(2)18;/h2*1-2H3,(H,15,17)(H,16,18)(H,19,20);/q;;+2/p-2. The number of carbonyl (C=O) groups is 6. The quantitative estimate of drug-likeness (QED) is 0.250. The van der Waals surface area contributed by atoms with E-state index in [-0.39, 0.29) is 72.5 Å². The van der Waals surface area contributed by atoms with Gasteiger partial charge in [-0.3, -0.25) is 19.2 Å². The van der Waals surface area contributed by atoms with Gasteiger partial charge in [0.1, 0.15) is 0 Å². The van der Waals surface area contributed by atoms with Gasteiger partial charge in [-0.2, -0.15) is 0 Å². The molecule has 2 aromatic carbocycles. The van der Waals surface area contributed by atoms with Gasteiger partial charge in [0.25, 0.3) is 0 Å². The molecule has 0 radical (unpaired) electrons. The number of carboxylic acid groups (broad SMARTS) is 2. The van der Waals surface area contributed by atoms with E-state index in [0.717, 1.165) is 0 Å². The van der Waals surface area contributed by atoms with Crippen molar-refractivity contribution in [2.45, 2.75) is 27.7 Å². The van der Waals surface area contributed by atoms with E-state index in [1.807, 2.05) is 136 Å². The van der Waals surface area contributed by atoms with E-state index in [1.165, 1.54) is 27.7 Å². The largest absolute Gasteiger partial charge is 2.00 e. The predicted molar refractivity (Wildman–Crippen MR) is 201 cm³/mol. The molecule has 0 aliphatic heterocycles. The Bertz CT molecular complexity index is 1260. The molecule has 19 heteroatoms. The van der Waals surface area contributed by atoms with Crippen molar-refractivity contribution in [3.63, 3.8) is 0 Å². The molecule has 0 spiro atoms. The number of aromatic carboxylic acids is 2. The summed E-state index contributed by atoms with van der Waals surface area (Å²) in [6.45, 7) is 5.28. The average Bonchev–Trinajstić information content (AvgIpc) is 2.79. The summed E-state index contributed by atoms with van der Waals surface area (Å²) in [4.78, 5) is 67.6. The molecular formula is C22H16CaI6N4O8. The molecule has 216 valence electrons. The molecule has 0 bridgehead atoms. The van der Waals surface area contributed by atoms with Crippen LogP contribution in [-0.4, -0.2) is 73.3 Å². The number of carboxylic acids is 2. The maximum atomic E-state index is 11.3. The molecule has 0 heterocycles. The zero-order valence-corrected chi connectivity index (χ0v) is 36.4. The van der Waals surface area contributed by atoms with Crippen molar-refractivity contribution in [3.05, 3.63) is 32.5 Å². The first-order chi connectivity index (χ1) is 18.3. The van der Waals surface area contributed by atoms with Gasteiger partial charge in [0.15, 0.2) is 0 Å². The third-order valence-electron chi connectivity index (χ3n) is 4.25. The minimum absolute atomic E-state index is 0. The summed E-state index contributed by atoms with van der Waals surface area (Å²) in [6.07, 6.45) is 0. The fraction of sp³-hybridized carbons (Fsp3) is 0.182. The molecule has 4 N–H and O–H groups in total. The molecule has 2 aromatic rings. The number of rotatable bonds is 6. The van der Waals surface area contributed by atoms with Gasteiger partial charge in [-0.25, -0.2) is 0 Å². The molecule has 0 aromatic heterocycles. The van der Waals surface area contributed by atoms with E-state index < -0.39 is 11.9 Å². The first kappa shape index (κ1) is 41.9. The predicted octanol–water partition coefficient (Wildman–Crippen LogP) is 3.18. The summed E-state index contributed by atoms with van der Waals surface area (Å²) >= 11 is 11.2. The molecule has 0 aliphatic carbocycles. The van der Waals surface area contributed by atoms with Crippen LogP contribution >= 0.6 is 136 Å². The number of nitrogens with one attached hydrogen (secondary N) is 4. The molecule has 12 nitrogen and oxygen atoms in total. The maximum absolute atomic E-state index is 11.3. The van der Waals surface area contributed by atoms with E-state index in [4.69, 9.17) is 0 Å². The van der Waals surface area contributed by atoms with Crippen LogP contribution in [0.4, 0.5) is 22.7 Å². The summed E-state index contributed by atoms with van der Waals surface area (Å²) in [5, 5.41) is 32.9. The Kier molecular flexibility index (Phi) is 19.2. The van der Waals surface area contributed by atoms with E-state index >= 15 is 0 Å². The average molecular weight is 1270 g/mol. The summed E-state index contributed by atoms with van der Waals surface area (Å²) in [6, 6.07) is 0. The smallest absolute Gasteiger partial charge is 0.545 e. The normalized spacial score (nSPS) is 9.80. The number of benzene rings is 2. The van der Waals surface area contributed by atoms with Gasteiger partial charge in [-0.1, -0.05) is 0 Å². The summed E-state index contributed by atoms with van der Waals surface area (Å²) in [5.74, 6) is -4.07. The van der Waals surface area contributed by atoms with Gasteiger partial charge < -0.3 is 41.1 Å². The van der Waals surface area contributed by atoms with Crippen molar-refractivity contribution in [3.8, 4) is 0 Å². The van der Waals surface area contributed by atoms with Crippen LogP contribution in [0.3, 0.4) is 0 Å². The Hall–Kier alpha value is 0.900. The summed E-state index contributed by atoms with van der Waals surface area (Å²) in [7, 11) is 0. The topological polar surface area (TPSA) is 197 Å². The number of amides is 4. The Morgan fingerprint density at radius 1 is 0.439 bits per heavy atom. The SMILES string of the molecule is CC(=O)Nc1c(I)c(NC(C)=O)c(I)c(C(=O)[O-])c1I.CC(=O)Nc1c(I)c(NC(C)=O)c(I)c(C(=O)[O-])c1I.[Ca+2]. The minimum Gasteiger partial charge on any atom is -0.545 e. The zero-order valence-electron chi connectivity index (χ0n) is 21.2. The first-order valence-electron chi connectivity index (χ1n) is 10.3. The minimum atomic E-state index is -1.37. The second-order valence-corrected chi connectivity index (χ2v) is 13.9. The summed E-state index contributed by atoms with van der Waals surface area (Å²) in [5.41, 5.74) is 1.28. The second-order valence-electron chi connectivity index (χ2n) is 7.43. The van der Waals surface area contributed by atoms with Gasteiger partial charge >= 0.3 is 37.7 Å². The van der Waals surface area contributed by atoms with Crippen LogP contribution in [0.5, 0.6) is 0 Å². The van der Waals surface area contributed by atoms with E-state index in [0.29, 0.717) is 44.2 Å². The Morgan fingerprint density at radius 2 is 0.610 bits per heavy atom. The third-order valence-corrected chi connectivity index (χ3v) is 10.7. The van der Waals surface area contributed by atoms with Crippen LogP contribution in [0, 0.1) is 21.4 Å². The fourth-order valence-electron chi connectivity index (χ4n) is 2.83. The molecule has 4 amide bonds. The molecule has 0 saturated heterocycles. The Balaban J connectivity index is 0.000000762. The molecule has 0 aliphatic rings. The number of hydrogen-bond acceptors (Lipinski definition) is 8. The Morgan fingerprint density at radius 3 is 0.732 bits per heavy atom. The van der Waals surface area contributed by atoms with Crippen molar-refractivity contribution in [1.29, 1.82) is 0 Å². The van der Waals surface area contributed by atoms with E-state index in [1.54, 1.807) is 0 Å². The van der Waals surface area contributed by atoms with Crippen LogP contribution in [-0.2, 0) is 19.2 Å². The third kappa shape index (κ3) is 11.6. The van der Waals surface area contributed by atoms with Gasteiger partial charge in [-0.05, 0) is 136 Å². The molecular weight excluding hydrogens is 1250 g/mol. The first-order valence-corrected chi connectivity index (χ1v) is 16.7.